The van der Waals surface area contributed by atoms with Crippen LogP contribution in [-0.4, -0.2) is 89.1 Å². The van der Waals surface area contributed by atoms with Gasteiger partial charge in [0.05, 0.1) is 32.3 Å². The van der Waals surface area contributed by atoms with Crippen LogP contribution in [0.15, 0.2) is 45.3 Å². The highest BCUT2D eigenvalue weighted by atomic mass is 79.9. The van der Waals surface area contributed by atoms with Gasteiger partial charge in [-0.2, -0.15) is 0 Å². The molecule has 3 aromatic rings. The lowest BCUT2D eigenvalue weighted by molar-refractivity contribution is -0.138. The molecular formula is C24H31Br2Cl2N3O4. The SMILES string of the molecule is Cl.Cl.O=C(O)CCOCCN1CCN(C[C@@H](O)Cn2c3ccc(Br)cc3c3cc(Br)ccc32)CC1. The van der Waals surface area contributed by atoms with Crippen LogP contribution in [0.2, 0.25) is 0 Å². The zero-order valence-corrected chi connectivity index (χ0v) is 24.0. The van der Waals surface area contributed by atoms with E-state index in [1.807, 2.05) is 12.1 Å². The van der Waals surface area contributed by atoms with Gasteiger partial charge in [0.15, 0.2) is 0 Å². The molecule has 0 amide bonds. The summed E-state index contributed by atoms with van der Waals surface area (Å²) in [6.45, 7) is 6.45. The lowest BCUT2D eigenvalue weighted by Gasteiger charge is -2.35. The Balaban J connectivity index is 0.00000216. The van der Waals surface area contributed by atoms with E-state index in [1.54, 1.807) is 0 Å². The molecule has 2 heterocycles. The van der Waals surface area contributed by atoms with E-state index >= 15 is 0 Å². The molecule has 2 N–H and O–H groups in total. The summed E-state index contributed by atoms with van der Waals surface area (Å²) < 4.78 is 9.70. The highest BCUT2D eigenvalue weighted by molar-refractivity contribution is 9.10. The average Bonchev–Trinajstić information content (AvgIpc) is 3.06. The molecule has 1 aromatic heterocycles. The van der Waals surface area contributed by atoms with Crippen molar-refractivity contribution in [3.05, 3.63) is 45.3 Å². The van der Waals surface area contributed by atoms with Gasteiger partial charge in [-0.05, 0) is 36.4 Å². The molecule has 1 fully saturated rings. The molecule has 35 heavy (non-hydrogen) atoms. The Morgan fingerprint density at radius 3 is 1.97 bits per heavy atom. The summed E-state index contributed by atoms with van der Waals surface area (Å²) in [6, 6.07) is 12.6. The number of hydrogen-bond donors (Lipinski definition) is 2. The minimum Gasteiger partial charge on any atom is -0.481 e. The third kappa shape index (κ3) is 8.04. The summed E-state index contributed by atoms with van der Waals surface area (Å²) in [4.78, 5) is 15.2. The summed E-state index contributed by atoms with van der Waals surface area (Å²) in [5, 5.41) is 21.9. The number of carboxylic acids is 1. The van der Waals surface area contributed by atoms with Crippen LogP contribution in [0, 0.1) is 0 Å². The first-order chi connectivity index (χ1) is 15.9. The normalized spacial score (nSPS) is 15.6. The Hall–Kier alpha value is -0.910. The van der Waals surface area contributed by atoms with Gasteiger partial charge in [0.2, 0.25) is 0 Å². The number of ether oxygens (including phenoxy) is 1. The molecule has 0 bridgehead atoms. The fourth-order valence-corrected chi connectivity index (χ4v) is 5.18. The minimum atomic E-state index is -0.830. The summed E-state index contributed by atoms with van der Waals surface area (Å²) >= 11 is 7.17. The van der Waals surface area contributed by atoms with Crippen LogP contribution < -0.4 is 0 Å². The van der Waals surface area contributed by atoms with Gasteiger partial charge in [0, 0.05) is 70.0 Å². The van der Waals surface area contributed by atoms with E-state index in [-0.39, 0.29) is 37.8 Å². The minimum absolute atomic E-state index is 0. The van der Waals surface area contributed by atoms with E-state index in [0.29, 0.717) is 19.7 Å². The molecule has 0 unspecified atom stereocenters. The number of aliphatic hydroxyl groups excluding tert-OH is 1. The van der Waals surface area contributed by atoms with E-state index in [1.165, 1.54) is 10.8 Å². The Morgan fingerprint density at radius 1 is 0.886 bits per heavy atom. The molecule has 1 atom stereocenters. The fourth-order valence-electron chi connectivity index (χ4n) is 4.46. The molecule has 4 rings (SSSR count). The first kappa shape index (κ1) is 30.3. The number of aromatic nitrogens is 1. The molecule has 0 saturated carbocycles. The monoisotopic (exact) mass is 653 g/mol. The van der Waals surface area contributed by atoms with E-state index in [0.717, 1.165) is 52.7 Å². The van der Waals surface area contributed by atoms with Crippen LogP contribution in [-0.2, 0) is 16.1 Å². The topological polar surface area (TPSA) is 78.2 Å². The number of fused-ring (bicyclic) bond motifs is 3. The van der Waals surface area contributed by atoms with Gasteiger partial charge in [-0.3, -0.25) is 14.6 Å². The van der Waals surface area contributed by atoms with Crippen LogP contribution in [0.4, 0.5) is 0 Å². The summed E-state index contributed by atoms with van der Waals surface area (Å²) in [5.41, 5.74) is 2.25. The van der Waals surface area contributed by atoms with E-state index in [9.17, 15) is 9.90 Å². The van der Waals surface area contributed by atoms with Crippen molar-refractivity contribution in [2.24, 2.45) is 0 Å². The second kappa shape index (κ2) is 14.1. The molecule has 2 aromatic carbocycles. The second-order valence-electron chi connectivity index (χ2n) is 8.49. The van der Waals surface area contributed by atoms with E-state index in [2.05, 4.69) is 70.5 Å². The molecule has 1 aliphatic rings. The van der Waals surface area contributed by atoms with Gasteiger partial charge in [-0.15, -0.1) is 24.8 Å². The van der Waals surface area contributed by atoms with Crippen LogP contribution in [0.1, 0.15) is 6.42 Å². The van der Waals surface area contributed by atoms with Crippen molar-refractivity contribution in [3.63, 3.8) is 0 Å². The predicted octanol–water partition coefficient (Wildman–Crippen LogP) is 4.63. The number of benzene rings is 2. The van der Waals surface area contributed by atoms with Gasteiger partial charge in [0.1, 0.15) is 0 Å². The maximum atomic E-state index is 10.9. The lowest BCUT2D eigenvalue weighted by Crippen LogP contribution is -2.49. The molecule has 11 heteroatoms. The van der Waals surface area contributed by atoms with Crippen LogP contribution in [0.3, 0.4) is 0 Å². The Kier molecular flexibility index (Phi) is 12.2. The number of halogens is 4. The molecular weight excluding hydrogens is 625 g/mol. The van der Waals surface area contributed by atoms with Crippen molar-refractivity contribution in [2.45, 2.75) is 19.1 Å². The fraction of sp³-hybridized carbons (Fsp3) is 0.458. The molecule has 1 aliphatic heterocycles. The Labute approximate surface area is 234 Å². The zero-order chi connectivity index (χ0) is 23.4. The Morgan fingerprint density at radius 2 is 1.43 bits per heavy atom. The number of rotatable bonds is 10. The highest BCUT2D eigenvalue weighted by Crippen LogP contribution is 2.33. The van der Waals surface area contributed by atoms with Gasteiger partial charge < -0.3 is 19.5 Å². The smallest absolute Gasteiger partial charge is 0.305 e. The second-order valence-corrected chi connectivity index (χ2v) is 10.3. The third-order valence-corrected chi connectivity index (χ3v) is 7.11. The maximum absolute atomic E-state index is 10.9. The largest absolute Gasteiger partial charge is 0.481 e. The molecule has 7 nitrogen and oxygen atoms in total. The van der Waals surface area contributed by atoms with Crippen molar-refractivity contribution in [3.8, 4) is 0 Å². The Bertz CT molecular complexity index is 1060. The van der Waals surface area contributed by atoms with Crippen LogP contribution >= 0.6 is 56.7 Å². The van der Waals surface area contributed by atoms with Crippen molar-refractivity contribution < 1.29 is 19.7 Å². The average molecular weight is 656 g/mol. The number of aliphatic hydroxyl groups is 1. The predicted molar refractivity (Wildman–Crippen MR) is 151 cm³/mol. The van der Waals surface area contributed by atoms with Crippen molar-refractivity contribution in [1.29, 1.82) is 0 Å². The van der Waals surface area contributed by atoms with Crippen LogP contribution in [0.25, 0.3) is 21.8 Å². The number of aliphatic carboxylic acids is 1. The number of carbonyl (C=O) groups is 1. The number of piperazine rings is 1. The van der Waals surface area contributed by atoms with E-state index in [4.69, 9.17) is 9.84 Å². The summed E-state index contributed by atoms with van der Waals surface area (Å²) in [5.74, 6) is -0.830. The maximum Gasteiger partial charge on any atom is 0.305 e. The van der Waals surface area contributed by atoms with Gasteiger partial charge >= 0.3 is 5.97 Å². The highest BCUT2D eigenvalue weighted by Gasteiger charge is 2.21. The van der Waals surface area contributed by atoms with Gasteiger partial charge in [0.25, 0.3) is 0 Å². The molecule has 0 aliphatic carbocycles. The number of carboxylic acid groups (broad SMARTS) is 1. The van der Waals surface area contributed by atoms with Gasteiger partial charge in [-0.25, -0.2) is 0 Å². The lowest BCUT2D eigenvalue weighted by atomic mass is 10.2. The molecule has 0 radical (unpaired) electrons. The van der Waals surface area contributed by atoms with Gasteiger partial charge in [-0.1, -0.05) is 31.9 Å². The number of nitrogens with zero attached hydrogens (tertiary/aromatic N) is 3. The standard InChI is InChI=1S/C24H29Br2N3O4.2ClH/c25-17-1-3-22-20(13-17)21-14-18(26)2-4-23(21)29(22)16-19(30)15-28-8-6-27(7-9-28)10-12-33-11-5-24(31)32;;/h1-4,13-14,19,30H,5-12,15-16H2,(H,31,32);2*1H/t19-;;/m1../s1. The third-order valence-electron chi connectivity index (χ3n) is 6.13. The van der Waals surface area contributed by atoms with E-state index < -0.39 is 12.1 Å². The summed E-state index contributed by atoms with van der Waals surface area (Å²) in [7, 11) is 0. The number of hydrogen-bond acceptors (Lipinski definition) is 5. The van der Waals surface area contributed by atoms with Crippen molar-refractivity contribution >= 4 is 84.4 Å². The van der Waals surface area contributed by atoms with Crippen molar-refractivity contribution in [1.82, 2.24) is 14.4 Å². The number of β-amino-alcohol motifs (C(OH)–C–C–N with tert-alkyl or cyclic N) is 1. The first-order valence-corrected chi connectivity index (χ1v) is 12.8. The zero-order valence-electron chi connectivity index (χ0n) is 19.2. The summed E-state index contributed by atoms with van der Waals surface area (Å²) in [6.07, 6.45) is -0.423. The quantitative estimate of drug-likeness (QED) is 0.310. The molecule has 194 valence electrons. The van der Waals surface area contributed by atoms with Crippen molar-refractivity contribution in [2.75, 3.05) is 52.5 Å². The molecule has 0 spiro atoms. The van der Waals surface area contributed by atoms with Crippen LogP contribution in [0.5, 0.6) is 0 Å². The first-order valence-electron chi connectivity index (χ1n) is 11.2. The molecule has 1 saturated heterocycles.